The molecule has 1 aliphatic heterocycles. The third-order valence-corrected chi connectivity index (χ3v) is 4.29. The van der Waals surface area contributed by atoms with Crippen molar-refractivity contribution < 1.29 is 9.31 Å². The Morgan fingerprint density at radius 2 is 2.19 bits per heavy atom. The van der Waals surface area contributed by atoms with Gasteiger partial charge in [-0.05, 0) is 44.4 Å². The molecule has 1 aliphatic carbocycles. The largest absolute Gasteiger partial charge is 0.313 e. The molecule has 0 amide bonds. The fourth-order valence-electron chi connectivity index (χ4n) is 3.06. The van der Waals surface area contributed by atoms with E-state index in [4.69, 9.17) is 0 Å². The molecule has 0 radical (unpaired) electrons. The van der Waals surface area contributed by atoms with Gasteiger partial charge in [0.1, 0.15) is 5.82 Å². The van der Waals surface area contributed by atoms with Crippen molar-refractivity contribution in [1.29, 1.82) is 0 Å². The van der Waals surface area contributed by atoms with Crippen LogP contribution in [0.4, 0.5) is 10.1 Å². The van der Waals surface area contributed by atoms with E-state index in [9.17, 15) is 14.5 Å². The molecule has 1 atom stereocenters. The van der Waals surface area contributed by atoms with Crippen LogP contribution in [0.5, 0.6) is 0 Å². The third-order valence-electron chi connectivity index (χ3n) is 4.29. The van der Waals surface area contributed by atoms with E-state index in [2.05, 4.69) is 10.2 Å². The van der Waals surface area contributed by atoms with Crippen molar-refractivity contribution in [3.05, 3.63) is 39.7 Å². The van der Waals surface area contributed by atoms with Crippen molar-refractivity contribution in [2.45, 2.75) is 44.3 Å². The highest BCUT2D eigenvalue weighted by Gasteiger charge is 2.32. The zero-order chi connectivity index (χ0) is 14.8. The minimum Gasteiger partial charge on any atom is -0.313 e. The second kappa shape index (κ2) is 6.07. The van der Waals surface area contributed by atoms with Gasteiger partial charge in [-0.25, -0.2) is 4.39 Å². The number of nitro groups is 1. The second-order valence-electron chi connectivity index (χ2n) is 5.98. The summed E-state index contributed by atoms with van der Waals surface area (Å²) >= 11 is 0. The highest BCUT2D eigenvalue weighted by molar-refractivity contribution is 5.40. The number of rotatable bonds is 6. The van der Waals surface area contributed by atoms with Crippen LogP contribution >= 0.6 is 0 Å². The molecule has 6 heteroatoms. The van der Waals surface area contributed by atoms with Gasteiger partial charge in [-0.1, -0.05) is 0 Å². The maximum atomic E-state index is 13.4. The summed E-state index contributed by atoms with van der Waals surface area (Å²) in [7, 11) is 0. The summed E-state index contributed by atoms with van der Waals surface area (Å²) in [5.74, 6) is -0.412. The number of nitrogens with one attached hydrogen (secondary N) is 1. The van der Waals surface area contributed by atoms with Gasteiger partial charge in [0, 0.05) is 36.8 Å². The summed E-state index contributed by atoms with van der Waals surface area (Å²) in [5.41, 5.74) is 0.492. The van der Waals surface area contributed by atoms with Gasteiger partial charge < -0.3 is 5.32 Å². The molecule has 114 valence electrons. The van der Waals surface area contributed by atoms with Gasteiger partial charge in [-0.3, -0.25) is 15.0 Å². The first-order chi connectivity index (χ1) is 10.1. The lowest BCUT2D eigenvalue weighted by molar-refractivity contribution is -0.385. The molecule has 1 heterocycles. The predicted molar refractivity (Wildman–Crippen MR) is 77.5 cm³/mol. The smallest absolute Gasteiger partial charge is 0.274 e. The van der Waals surface area contributed by atoms with E-state index in [0.29, 0.717) is 24.2 Å². The van der Waals surface area contributed by atoms with Crippen molar-refractivity contribution in [2.75, 3.05) is 13.1 Å². The molecule has 0 spiro atoms. The average molecular weight is 293 g/mol. The summed E-state index contributed by atoms with van der Waals surface area (Å²) in [6, 6.07) is 4.68. The van der Waals surface area contributed by atoms with Crippen molar-refractivity contribution in [3.8, 4) is 0 Å². The molecule has 3 rings (SSSR count). The maximum Gasteiger partial charge on any atom is 0.274 e. The molecular weight excluding hydrogens is 273 g/mol. The Morgan fingerprint density at radius 1 is 1.38 bits per heavy atom. The number of hydrogen-bond acceptors (Lipinski definition) is 4. The van der Waals surface area contributed by atoms with Crippen molar-refractivity contribution >= 4 is 5.69 Å². The van der Waals surface area contributed by atoms with Gasteiger partial charge in [-0.2, -0.15) is 0 Å². The molecule has 2 aliphatic rings. The van der Waals surface area contributed by atoms with Gasteiger partial charge in [0.25, 0.3) is 5.69 Å². The van der Waals surface area contributed by atoms with E-state index < -0.39 is 10.7 Å². The molecule has 1 saturated heterocycles. The second-order valence-corrected chi connectivity index (χ2v) is 5.98. The highest BCUT2D eigenvalue weighted by atomic mass is 19.1. The monoisotopic (exact) mass is 293 g/mol. The molecule has 0 aromatic heterocycles. The number of benzene rings is 1. The Morgan fingerprint density at radius 3 is 2.81 bits per heavy atom. The van der Waals surface area contributed by atoms with Crippen LogP contribution in [-0.4, -0.2) is 35.0 Å². The summed E-state index contributed by atoms with van der Waals surface area (Å²) < 4.78 is 13.4. The van der Waals surface area contributed by atoms with Gasteiger partial charge in [-0.15, -0.1) is 0 Å². The average Bonchev–Trinajstić information content (AvgIpc) is 3.16. The van der Waals surface area contributed by atoms with Crippen LogP contribution in [0.1, 0.15) is 31.2 Å². The molecular formula is C15H20FN3O2. The van der Waals surface area contributed by atoms with E-state index in [1.165, 1.54) is 18.6 Å². The van der Waals surface area contributed by atoms with Crippen LogP contribution in [0.25, 0.3) is 0 Å². The number of hydrogen-bond donors (Lipinski definition) is 1. The van der Waals surface area contributed by atoms with Crippen molar-refractivity contribution in [3.63, 3.8) is 0 Å². The van der Waals surface area contributed by atoms with Gasteiger partial charge in [0.15, 0.2) is 0 Å². The molecule has 2 fully saturated rings. The number of nitro benzene ring substituents is 1. The van der Waals surface area contributed by atoms with E-state index in [1.807, 2.05) is 0 Å². The van der Waals surface area contributed by atoms with E-state index >= 15 is 0 Å². The van der Waals surface area contributed by atoms with Crippen LogP contribution in [0.2, 0.25) is 0 Å². The zero-order valence-electron chi connectivity index (χ0n) is 11.9. The molecule has 21 heavy (non-hydrogen) atoms. The topological polar surface area (TPSA) is 58.4 Å². The van der Waals surface area contributed by atoms with Crippen LogP contribution in [0, 0.1) is 15.9 Å². The number of halogens is 1. The number of nitrogens with zero attached hydrogens (tertiary/aromatic N) is 2. The molecule has 1 N–H and O–H groups in total. The van der Waals surface area contributed by atoms with Crippen LogP contribution < -0.4 is 5.32 Å². The highest BCUT2D eigenvalue weighted by Crippen LogP contribution is 2.31. The van der Waals surface area contributed by atoms with E-state index in [-0.39, 0.29) is 5.69 Å². The summed E-state index contributed by atoms with van der Waals surface area (Å²) in [6.07, 6.45) is 4.60. The minimum atomic E-state index is -0.423. The van der Waals surface area contributed by atoms with Crippen LogP contribution in [0.15, 0.2) is 18.2 Å². The van der Waals surface area contributed by atoms with Crippen LogP contribution in [-0.2, 0) is 6.54 Å². The Bertz CT molecular complexity index is 528. The first-order valence-corrected chi connectivity index (χ1v) is 7.54. The Kier molecular flexibility index (Phi) is 4.17. The lowest BCUT2D eigenvalue weighted by Gasteiger charge is -2.25. The summed E-state index contributed by atoms with van der Waals surface area (Å²) in [5, 5.41) is 14.6. The summed E-state index contributed by atoms with van der Waals surface area (Å²) in [4.78, 5) is 12.9. The Balaban J connectivity index is 1.75. The molecule has 1 saturated carbocycles. The SMILES string of the molecule is O=[N+]([O-])c1ccc(F)cc1CN(CC1CCCN1)C1CC1. The van der Waals surface area contributed by atoms with Gasteiger partial charge >= 0.3 is 0 Å². The molecule has 0 bridgehead atoms. The molecule has 1 aromatic rings. The van der Waals surface area contributed by atoms with Gasteiger partial charge in [0.05, 0.1) is 4.92 Å². The molecule has 1 unspecified atom stereocenters. The lowest BCUT2D eigenvalue weighted by Crippen LogP contribution is -2.38. The van der Waals surface area contributed by atoms with Gasteiger partial charge in [0.2, 0.25) is 0 Å². The fourth-order valence-corrected chi connectivity index (χ4v) is 3.06. The maximum absolute atomic E-state index is 13.4. The quantitative estimate of drug-likeness (QED) is 0.646. The lowest BCUT2D eigenvalue weighted by atomic mass is 10.1. The minimum absolute atomic E-state index is 0.0152. The predicted octanol–water partition coefficient (Wildman–Crippen LogP) is 2.45. The van der Waals surface area contributed by atoms with E-state index in [0.717, 1.165) is 38.4 Å². The first kappa shape index (κ1) is 14.4. The van der Waals surface area contributed by atoms with Crippen molar-refractivity contribution in [2.24, 2.45) is 0 Å². The van der Waals surface area contributed by atoms with E-state index in [1.54, 1.807) is 0 Å². The normalized spacial score (nSPS) is 21.9. The zero-order valence-corrected chi connectivity index (χ0v) is 11.9. The standard InChI is InChI=1S/C15H20FN3O2/c16-12-3-6-15(19(20)21)11(8-12)9-18(14-4-5-14)10-13-2-1-7-17-13/h3,6,8,13-14,17H,1-2,4-5,7,9-10H2. The summed E-state index contributed by atoms with van der Waals surface area (Å²) in [6.45, 7) is 2.39. The third kappa shape index (κ3) is 3.57. The van der Waals surface area contributed by atoms with Crippen LogP contribution in [0.3, 0.4) is 0 Å². The fraction of sp³-hybridized carbons (Fsp3) is 0.600. The Hall–Kier alpha value is -1.53. The first-order valence-electron chi connectivity index (χ1n) is 7.54. The van der Waals surface area contributed by atoms with Crippen molar-refractivity contribution in [1.82, 2.24) is 10.2 Å². The molecule has 5 nitrogen and oxygen atoms in total. The Labute approximate surface area is 123 Å². The molecule has 1 aromatic carbocycles.